The highest BCUT2D eigenvalue weighted by Crippen LogP contribution is 2.05. The molecule has 0 heteroatoms. The molecule has 0 aromatic rings. The minimum atomic E-state index is 1.20. The van der Waals surface area contributed by atoms with Crippen LogP contribution >= 0.6 is 0 Å². The third-order valence-corrected chi connectivity index (χ3v) is 1.59. The minimum absolute atomic E-state index is 1.20. The molecule has 0 aromatic heterocycles. The highest BCUT2D eigenvalue weighted by atomic mass is 13.9. The molecule has 0 aliphatic rings. The van der Waals surface area contributed by atoms with E-state index in [1.165, 1.54) is 24.8 Å². The molecular weight excluding hydrogens is 120 g/mol. The molecule has 0 saturated heterocycles. The van der Waals surface area contributed by atoms with Gasteiger partial charge >= 0.3 is 0 Å². The van der Waals surface area contributed by atoms with Gasteiger partial charge in [-0.05, 0) is 46.1 Å². The molecule has 0 N–H and O–H groups in total. The van der Waals surface area contributed by atoms with E-state index in [9.17, 15) is 0 Å². The summed E-state index contributed by atoms with van der Waals surface area (Å²) in [5, 5.41) is 0. The molecule has 0 aliphatic heterocycles. The van der Waals surface area contributed by atoms with Crippen molar-refractivity contribution < 1.29 is 0 Å². The predicted molar refractivity (Wildman–Crippen MR) is 46.8 cm³/mol. The van der Waals surface area contributed by atoms with Crippen molar-refractivity contribution in [3.05, 3.63) is 23.8 Å². The molecule has 0 aliphatic carbocycles. The molecule has 0 bridgehead atoms. The van der Waals surface area contributed by atoms with Gasteiger partial charge in [-0.2, -0.15) is 0 Å². The first kappa shape index (κ1) is 9.48. The van der Waals surface area contributed by atoms with E-state index in [1.54, 1.807) is 0 Å². The normalized spacial score (nSPS) is 12.9. The van der Waals surface area contributed by atoms with Crippen molar-refractivity contribution in [3.8, 4) is 0 Å². The maximum Gasteiger partial charge on any atom is -0.0314 e. The van der Waals surface area contributed by atoms with Gasteiger partial charge in [-0.15, -0.1) is 0 Å². The van der Waals surface area contributed by atoms with Crippen molar-refractivity contribution in [2.75, 3.05) is 0 Å². The van der Waals surface area contributed by atoms with E-state index in [-0.39, 0.29) is 0 Å². The fourth-order valence-electron chi connectivity index (χ4n) is 0.777. The largest absolute Gasteiger partial charge is 0.0917 e. The SMILES string of the molecule is C/[C]=C(/C)CCC/C=C/C. The number of hydrogen-bond donors (Lipinski definition) is 0. The van der Waals surface area contributed by atoms with Crippen LogP contribution in [0.15, 0.2) is 17.7 Å². The average molecular weight is 137 g/mol. The van der Waals surface area contributed by atoms with Crippen LogP contribution in [0.4, 0.5) is 0 Å². The average Bonchev–Trinajstić information content (AvgIpc) is 1.98. The Hall–Kier alpha value is -0.520. The fraction of sp³-hybridized carbons (Fsp3) is 0.600. The summed E-state index contributed by atoms with van der Waals surface area (Å²) >= 11 is 0. The predicted octanol–water partition coefficient (Wildman–Crippen LogP) is 3.50. The standard InChI is InChI=1S/C10H17/c1-4-6-7-8-9-10(3)5-2/h4,6H,7-9H2,1-3H3/b6-4+,10-5?. The van der Waals surface area contributed by atoms with Gasteiger partial charge in [0.2, 0.25) is 0 Å². The monoisotopic (exact) mass is 137 g/mol. The van der Waals surface area contributed by atoms with Gasteiger partial charge in [0.25, 0.3) is 0 Å². The zero-order chi connectivity index (χ0) is 7.82. The van der Waals surface area contributed by atoms with Gasteiger partial charge < -0.3 is 0 Å². The zero-order valence-corrected chi connectivity index (χ0v) is 7.28. The van der Waals surface area contributed by atoms with Crippen molar-refractivity contribution in [2.24, 2.45) is 0 Å². The van der Waals surface area contributed by atoms with E-state index in [1.807, 2.05) is 6.92 Å². The van der Waals surface area contributed by atoms with Gasteiger partial charge in [-0.3, -0.25) is 0 Å². The Morgan fingerprint density at radius 3 is 2.70 bits per heavy atom. The van der Waals surface area contributed by atoms with Crippen LogP contribution < -0.4 is 0 Å². The first-order chi connectivity index (χ1) is 4.81. The van der Waals surface area contributed by atoms with Crippen LogP contribution in [-0.2, 0) is 0 Å². The van der Waals surface area contributed by atoms with E-state index in [0.29, 0.717) is 0 Å². The maximum atomic E-state index is 3.13. The molecule has 0 aromatic carbocycles. The van der Waals surface area contributed by atoms with Crippen molar-refractivity contribution in [3.63, 3.8) is 0 Å². The van der Waals surface area contributed by atoms with E-state index < -0.39 is 0 Å². The number of allylic oxidation sites excluding steroid dienone is 4. The van der Waals surface area contributed by atoms with E-state index in [0.717, 1.165) is 0 Å². The second-order valence-electron chi connectivity index (χ2n) is 2.49. The maximum absolute atomic E-state index is 3.13. The second-order valence-corrected chi connectivity index (χ2v) is 2.49. The molecule has 0 heterocycles. The topological polar surface area (TPSA) is 0 Å². The van der Waals surface area contributed by atoms with Gasteiger partial charge in [0.15, 0.2) is 0 Å². The molecule has 0 amide bonds. The van der Waals surface area contributed by atoms with E-state index >= 15 is 0 Å². The lowest BCUT2D eigenvalue weighted by molar-refractivity contribution is 0.827. The van der Waals surface area contributed by atoms with Crippen LogP contribution in [0.1, 0.15) is 40.0 Å². The smallest absolute Gasteiger partial charge is 0.0314 e. The summed E-state index contributed by atoms with van der Waals surface area (Å²) in [6.07, 6.45) is 11.1. The van der Waals surface area contributed by atoms with E-state index in [2.05, 4.69) is 32.1 Å². The van der Waals surface area contributed by atoms with Crippen molar-refractivity contribution >= 4 is 0 Å². The minimum Gasteiger partial charge on any atom is -0.0917 e. The van der Waals surface area contributed by atoms with Crippen LogP contribution in [0.25, 0.3) is 0 Å². The Labute approximate surface area is 64.6 Å². The molecule has 0 spiro atoms. The fourth-order valence-corrected chi connectivity index (χ4v) is 0.777. The molecule has 10 heavy (non-hydrogen) atoms. The summed E-state index contributed by atoms with van der Waals surface area (Å²) < 4.78 is 0. The first-order valence-corrected chi connectivity index (χ1v) is 3.92. The van der Waals surface area contributed by atoms with Crippen molar-refractivity contribution in [1.29, 1.82) is 0 Å². The lowest BCUT2D eigenvalue weighted by Gasteiger charge is -1.95. The summed E-state index contributed by atoms with van der Waals surface area (Å²) in [5.74, 6) is 0. The van der Waals surface area contributed by atoms with Crippen LogP contribution in [0, 0.1) is 6.08 Å². The number of rotatable bonds is 4. The first-order valence-electron chi connectivity index (χ1n) is 3.92. The van der Waals surface area contributed by atoms with Crippen LogP contribution in [0.5, 0.6) is 0 Å². The lowest BCUT2D eigenvalue weighted by Crippen LogP contribution is -1.76. The Morgan fingerprint density at radius 2 is 2.20 bits per heavy atom. The molecule has 57 valence electrons. The molecule has 0 atom stereocenters. The molecule has 0 nitrogen and oxygen atoms in total. The summed E-state index contributed by atoms with van der Waals surface area (Å²) in [7, 11) is 0. The quantitative estimate of drug-likeness (QED) is 0.411. The Balaban J connectivity index is 3.20. The highest BCUT2D eigenvalue weighted by Gasteiger charge is 1.86. The van der Waals surface area contributed by atoms with Crippen LogP contribution in [0.3, 0.4) is 0 Å². The number of unbranched alkanes of at least 4 members (excludes halogenated alkanes) is 1. The summed E-state index contributed by atoms with van der Waals surface area (Å²) in [6.45, 7) is 6.18. The molecule has 1 radical (unpaired) electrons. The van der Waals surface area contributed by atoms with Gasteiger partial charge in [-0.1, -0.05) is 17.7 Å². The van der Waals surface area contributed by atoms with Gasteiger partial charge in [0.1, 0.15) is 0 Å². The van der Waals surface area contributed by atoms with Crippen LogP contribution in [-0.4, -0.2) is 0 Å². The van der Waals surface area contributed by atoms with Crippen molar-refractivity contribution in [2.45, 2.75) is 40.0 Å². The van der Waals surface area contributed by atoms with Gasteiger partial charge in [-0.25, -0.2) is 0 Å². The number of hydrogen-bond acceptors (Lipinski definition) is 0. The summed E-state index contributed by atoms with van der Waals surface area (Å²) in [6, 6.07) is 0. The lowest BCUT2D eigenvalue weighted by atomic mass is 10.1. The van der Waals surface area contributed by atoms with Gasteiger partial charge in [0.05, 0.1) is 0 Å². The Kier molecular flexibility index (Phi) is 6.25. The Morgan fingerprint density at radius 1 is 1.50 bits per heavy atom. The molecular formula is C10H17. The third kappa shape index (κ3) is 5.61. The molecule has 0 rings (SSSR count). The Bertz CT molecular complexity index is 118. The van der Waals surface area contributed by atoms with E-state index in [4.69, 9.17) is 0 Å². The third-order valence-electron chi connectivity index (χ3n) is 1.59. The molecule has 0 fully saturated rings. The second kappa shape index (κ2) is 6.60. The highest BCUT2D eigenvalue weighted by molar-refractivity contribution is 4.90. The summed E-state index contributed by atoms with van der Waals surface area (Å²) in [5.41, 5.74) is 1.38. The summed E-state index contributed by atoms with van der Waals surface area (Å²) in [4.78, 5) is 0. The molecule has 0 saturated carbocycles. The van der Waals surface area contributed by atoms with Crippen LogP contribution in [0.2, 0.25) is 0 Å². The molecule has 0 unspecified atom stereocenters. The van der Waals surface area contributed by atoms with Gasteiger partial charge in [0, 0.05) is 0 Å². The zero-order valence-electron chi connectivity index (χ0n) is 7.28. The van der Waals surface area contributed by atoms with Crippen molar-refractivity contribution in [1.82, 2.24) is 0 Å².